The van der Waals surface area contributed by atoms with E-state index in [0.717, 1.165) is 0 Å². The SMILES string of the molecule is COc1nn(CCOCCOCCOCCO)cc1Nc1nc(N2C[C@@H](F)[C@H](NC(=O)OC(C)(C)C)C2)nc2nc[nH]c12. The van der Waals surface area contributed by atoms with Crippen molar-refractivity contribution in [2.45, 2.75) is 45.1 Å². The van der Waals surface area contributed by atoms with Gasteiger partial charge in [0.15, 0.2) is 11.5 Å². The first-order valence-corrected chi connectivity index (χ1v) is 14.0. The molecule has 4 rings (SSSR count). The quantitative estimate of drug-likeness (QED) is 0.171. The van der Waals surface area contributed by atoms with Gasteiger partial charge in [0.2, 0.25) is 5.95 Å². The van der Waals surface area contributed by atoms with E-state index in [1.54, 1.807) is 36.5 Å². The van der Waals surface area contributed by atoms with Crippen molar-refractivity contribution < 1.29 is 38.0 Å². The number of alkyl carbamates (subject to hydrolysis) is 1. The number of anilines is 3. The van der Waals surface area contributed by atoms with Crippen molar-refractivity contribution in [3.8, 4) is 5.88 Å². The third-order valence-electron chi connectivity index (χ3n) is 6.13. The molecule has 16 nitrogen and oxygen atoms in total. The number of nitrogens with one attached hydrogen (secondary N) is 3. The number of imidazole rings is 1. The van der Waals surface area contributed by atoms with E-state index in [1.807, 2.05) is 0 Å². The van der Waals surface area contributed by atoms with Gasteiger partial charge < -0.3 is 49.3 Å². The van der Waals surface area contributed by atoms with E-state index in [-0.39, 0.29) is 25.6 Å². The minimum atomic E-state index is -1.35. The number of rotatable bonds is 16. The highest BCUT2D eigenvalue weighted by Crippen LogP contribution is 2.30. The molecule has 0 radical (unpaired) electrons. The van der Waals surface area contributed by atoms with Gasteiger partial charge in [-0.2, -0.15) is 9.97 Å². The zero-order valence-corrected chi connectivity index (χ0v) is 24.8. The van der Waals surface area contributed by atoms with Gasteiger partial charge in [-0.25, -0.2) is 14.2 Å². The number of alkyl halides is 1. The van der Waals surface area contributed by atoms with Crippen LogP contribution in [0.3, 0.4) is 0 Å². The zero-order valence-electron chi connectivity index (χ0n) is 24.8. The summed E-state index contributed by atoms with van der Waals surface area (Å²) in [6, 6.07) is -0.789. The fourth-order valence-electron chi connectivity index (χ4n) is 4.22. The number of aliphatic hydroxyl groups is 1. The van der Waals surface area contributed by atoms with Gasteiger partial charge in [0, 0.05) is 6.54 Å². The normalized spacial score (nSPS) is 17.0. The van der Waals surface area contributed by atoms with Crippen LogP contribution >= 0.6 is 0 Å². The number of carbonyl (C=O) groups excluding carboxylic acids is 1. The number of nitrogens with zero attached hydrogens (tertiary/aromatic N) is 6. The summed E-state index contributed by atoms with van der Waals surface area (Å²) in [5.74, 6) is 0.983. The van der Waals surface area contributed by atoms with Crippen LogP contribution in [0.15, 0.2) is 12.5 Å². The van der Waals surface area contributed by atoms with Crippen LogP contribution in [0.1, 0.15) is 20.8 Å². The number of amides is 1. The molecule has 4 heterocycles. The second kappa shape index (κ2) is 15.1. The Morgan fingerprint density at radius 1 is 1.12 bits per heavy atom. The van der Waals surface area contributed by atoms with E-state index in [1.165, 1.54) is 13.4 Å². The summed E-state index contributed by atoms with van der Waals surface area (Å²) in [6.07, 6.45) is 1.22. The maximum Gasteiger partial charge on any atom is 0.408 e. The van der Waals surface area contributed by atoms with Gasteiger partial charge in [-0.15, -0.1) is 5.10 Å². The lowest BCUT2D eigenvalue weighted by Crippen LogP contribution is -2.44. The molecule has 1 amide bonds. The Kier molecular flexibility index (Phi) is 11.3. The summed E-state index contributed by atoms with van der Waals surface area (Å²) < 4.78 is 43.5. The minimum Gasteiger partial charge on any atom is -0.478 e. The van der Waals surface area contributed by atoms with Crippen LogP contribution in [0, 0.1) is 0 Å². The van der Waals surface area contributed by atoms with E-state index < -0.39 is 23.9 Å². The Balaban J connectivity index is 1.36. The largest absolute Gasteiger partial charge is 0.478 e. The standard InChI is InChI=1S/C26H40FN9O7/c1-26(2,3)43-25(38)31-18-14-35(13-17(18)27)24-32-21-20(28-16-29-21)22(33-24)30-19-15-36(34-23(19)39-4)5-7-40-9-11-42-12-10-41-8-6-37/h15-18,37H,5-14H2,1-4H3,(H,31,38)(H2,28,29,30,32,33)/t17-,18-/m1/s1. The van der Waals surface area contributed by atoms with Crippen LogP contribution in [-0.4, -0.2) is 125 Å². The van der Waals surface area contributed by atoms with Gasteiger partial charge in [0.05, 0.1) is 85.0 Å². The maximum atomic E-state index is 14.9. The third kappa shape index (κ3) is 9.34. The number of aromatic amines is 1. The number of fused-ring (bicyclic) bond motifs is 1. The summed E-state index contributed by atoms with van der Waals surface area (Å²) >= 11 is 0. The van der Waals surface area contributed by atoms with Gasteiger partial charge >= 0.3 is 6.09 Å². The number of aromatic nitrogens is 6. The number of hydrogen-bond donors (Lipinski definition) is 4. The Labute approximate surface area is 248 Å². The number of H-pyrrole nitrogens is 1. The Morgan fingerprint density at radius 2 is 1.84 bits per heavy atom. The summed E-state index contributed by atoms with van der Waals surface area (Å²) in [4.78, 5) is 30.3. The van der Waals surface area contributed by atoms with Crippen molar-refractivity contribution >= 4 is 34.7 Å². The molecule has 1 saturated heterocycles. The number of carbonyl (C=O) groups is 1. The molecule has 17 heteroatoms. The molecule has 4 N–H and O–H groups in total. The number of hydrogen-bond acceptors (Lipinski definition) is 13. The fraction of sp³-hybridized carbons (Fsp3) is 0.654. The van der Waals surface area contributed by atoms with Crippen LogP contribution < -0.4 is 20.3 Å². The molecule has 0 bridgehead atoms. The molecule has 0 aromatic carbocycles. The molecular formula is C26H40FN9O7. The highest BCUT2D eigenvalue weighted by Gasteiger charge is 2.36. The van der Waals surface area contributed by atoms with E-state index in [4.69, 9.17) is 28.8 Å². The lowest BCUT2D eigenvalue weighted by Gasteiger charge is -2.22. The highest BCUT2D eigenvalue weighted by molar-refractivity contribution is 5.86. The third-order valence-corrected chi connectivity index (χ3v) is 6.13. The Bertz CT molecular complexity index is 1320. The molecule has 1 aliphatic rings. The monoisotopic (exact) mass is 609 g/mol. The van der Waals surface area contributed by atoms with E-state index in [9.17, 15) is 9.18 Å². The van der Waals surface area contributed by atoms with Gasteiger partial charge in [0.1, 0.15) is 23.0 Å². The number of aliphatic hydroxyl groups excluding tert-OH is 1. The molecule has 238 valence electrons. The van der Waals surface area contributed by atoms with Crippen molar-refractivity contribution in [1.82, 2.24) is 35.0 Å². The average molecular weight is 610 g/mol. The molecular weight excluding hydrogens is 569 g/mol. The average Bonchev–Trinajstić information content (AvgIpc) is 3.67. The van der Waals surface area contributed by atoms with Crippen molar-refractivity contribution in [1.29, 1.82) is 0 Å². The number of halogens is 1. The molecule has 2 atom stereocenters. The molecule has 0 saturated carbocycles. The lowest BCUT2D eigenvalue weighted by atomic mass is 10.2. The van der Waals surface area contributed by atoms with Crippen LogP contribution in [0.5, 0.6) is 5.88 Å². The Hall–Kier alpha value is -3.80. The van der Waals surface area contributed by atoms with Gasteiger partial charge in [-0.3, -0.25) is 4.68 Å². The number of methoxy groups -OCH3 is 1. The van der Waals surface area contributed by atoms with Crippen LogP contribution in [0.4, 0.5) is 26.6 Å². The zero-order chi connectivity index (χ0) is 30.8. The van der Waals surface area contributed by atoms with Crippen molar-refractivity contribution in [3.63, 3.8) is 0 Å². The summed E-state index contributed by atoms with van der Waals surface area (Å²) in [7, 11) is 1.51. The summed E-state index contributed by atoms with van der Waals surface area (Å²) in [5, 5.41) is 18.9. The highest BCUT2D eigenvalue weighted by atomic mass is 19.1. The van der Waals surface area contributed by atoms with Crippen LogP contribution in [0.2, 0.25) is 0 Å². The van der Waals surface area contributed by atoms with E-state index in [0.29, 0.717) is 74.7 Å². The first-order chi connectivity index (χ1) is 20.7. The maximum absolute atomic E-state index is 14.9. The van der Waals surface area contributed by atoms with E-state index in [2.05, 4.69) is 35.7 Å². The first kappa shape index (κ1) is 32.1. The molecule has 43 heavy (non-hydrogen) atoms. The lowest BCUT2D eigenvalue weighted by molar-refractivity contribution is 0.00630. The number of ether oxygens (including phenoxy) is 5. The van der Waals surface area contributed by atoms with Crippen LogP contribution in [-0.2, 0) is 25.5 Å². The van der Waals surface area contributed by atoms with Crippen molar-refractivity contribution in [2.75, 3.05) is 76.7 Å². The molecule has 1 aliphatic heterocycles. The summed E-state index contributed by atoms with van der Waals surface area (Å²) in [6.45, 7) is 8.19. The first-order valence-electron chi connectivity index (χ1n) is 14.0. The summed E-state index contributed by atoms with van der Waals surface area (Å²) in [5.41, 5.74) is 0.775. The van der Waals surface area contributed by atoms with Crippen molar-refractivity contribution in [2.24, 2.45) is 0 Å². The van der Waals surface area contributed by atoms with Crippen LogP contribution in [0.25, 0.3) is 11.2 Å². The van der Waals surface area contributed by atoms with E-state index >= 15 is 0 Å². The second-order valence-electron chi connectivity index (χ2n) is 10.6. The smallest absolute Gasteiger partial charge is 0.408 e. The second-order valence-corrected chi connectivity index (χ2v) is 10.6. The van der Waals surface area contributed by atoms with Crippen molar-refractivity contribution in [3.05, 3.63) is 12.5 Å². The van der Waals surface area contributed by atoms with Gasteiger partial charge in [-0.05, 0) is 20.8 Å². The molecule has 3 aromatic heterocycles. The molecule has 1 fully saturated rings. The Morgan fingerprint density at radius 3 is 2.53 bits per heavy atom. The van der Waals surface area contributed by atoms with Gasteiger partial charge in [-0.1, -0.05) is 0 Å². The molecule has 0 aliphatic carbocycles. The predicted molar refractivity (Wildman–Crippen MR) is 154 cm³/mol. The molecule has 3 aromatic rings. The van der Waals surface area contributed by atoms with Gasteiger partial charge in [0.25, 0.3) is 5.88 Å². The topological polar surface area (TPSA) is 183 Å². The molecule has 0 spiro atoms. The minimum absolute atomic E-state index is 0.0113. The molecule has 0 unspecified atom stereocenters. The predicted octanol–water partition coefficient (Wildman–Crippen LogP) is 1.40. The fourth-order valence-corrected chi connectivity index (χ4v) is 4.22.